The second-order valence-corrected chi connectivity index (χ2v) is 3.39. The van der Waals surface area contributed by atoms with Crippen LogP contribution in [0.25, 0.3) is 0 Å². The Hall–Kier alpha value is -2.24. The molecule has 0 aliphatic carbocycles. The van der Waals surface area contributed by atoms with Crippen molar-refractivity contribution in [2.75, 3.05) is 0 Å². The van der Waals surface area contributed by atoms with Gasteiger partial charge in [0.1, 0.15) is 12.4 Å². The molecule has 0 aliphatic heterocycles. The standard InChI is InChI=1S/C11H10FN3O2/c1-15-10(8(6-16)4-14-15)7-17-11-3-2-9(12)5-13-11/h2-6H,7H2,1H3. The number of pyridine rings is 1. The Bertz CT molecular complexity index is 522. The number of aromatic nitrogens is 3. The van der Waals surface area contributed by atoms with Gasteiger partial charge in [-0.2, -0.15) is 5.10 Å². The number of hydrogen-bond acceptors (Lipinski definition) is 4. The van der Waals surface area contributed by atoms with Crippen molar-refractivity contribution in [3.8, 4) is 5.88 Å². The van der Waals surface area contributed by atoms with Crippen molar-refractivity contribution in [2.24, 2.45) is 7.05 Å². The van der Waals surface area contributed by atoms with Crippen LogP contribution in [0.5, 0.6) is 5.88 Å². The van der Waals surface area contributed by atoms with Crippen molar-refractivity contribution < 1.29 is 13.9 Å². The topological polar surface area (TPSA) is 57.0 Å². The summed E-state index contributed by atoms with van der Waals surface area (Å²) >= 11 is 0. The largest absolute Gasteiger partial charge is 0.471 e. The molecule has 0 saturated heterocycles. The highest BCUT2D eigenvalue weighted by atomic mass is 19.1. The fraction of sp³-hybridized carbons (Fsp3) is 0.182. The molecule has 2 aromatic heterocycles. The maximum absolute atomic E-state index is 12.6. The number of hydrogen-bond donors (Lipinski definition) is 0. The van der Waals surface area contributed by atoms with E-state index in [2.05, 4.69) is 10.1 Å². The molecule has 2 heterocycles. The smallest absolute Gasteiger partial charge is 0.213 e. The van der Waals surface area contributed by atoms with Crippen LogP contribution >= 0.6 is 0 Å². The zero-order valence-electron chi connectivity index (χ0n) is 9.13. The summed E-state index contributed by atoms with van der Waals surface area (Å²) < 4.78 is 19.5. The van der Waals surface area contributed by atoms with Gasteiger partial charge in [0.05, 0.1) is 23.7 Å². The van der Waals surface area contributed by atoms with E-state index in [1.165, 1.54) is 18.3 Å². The van der Waals surface area contributed by atoms with Crippen molar-refractivity contribution in [1.82, 2.24) is 14.8 Å². The number of rotatable bonds is 4. The van der Waals surface area contributed by atoms with Crippen LogP contribution in [0.2, 0.25) is 0 Å². The SMILES string of the molecule is Cn1ncc(C=O)c1COc1ccc(F)cn1. The Morgan fingerprint density at radius 1 is 1.47 bits per heavy atom. The quantitative estimate of drug-likeness (QED) is 0.750. The Kier molecular flexibility index (Phi) is 3.13. The number of halogens is 1. The third-order valence-electron chi connectivity index (χ3n) is 2.28. The van der Waals surface area contributed by atoms with Crippen LogP contribution in [0.15, 0.2) is 24.5 Å². The van der Waals surface area contributed by atoms with Crippen molar-refractivity contribution in [1.29, 1.82) is 0 Å². The molecule has 17 heavy (non-hydrogen) atoms. The van der Waals surface area contributed by atoms with Crippen molar-refractivity contribution >= 4 is 6.29 Å². The first kappa shape index (κ1) is 11.3. The Morgan fingerprint density at radius 2 is 2.29 bits per heavy atom. The summed E-state index contributed by atoms with van der Waals surface area (Å²) in [6.07, 6.45) is 3.24. The Labute approximate surface area is 96.9 Å². The minimum absolute atomic E-state index is 0.156. The van der Waals surface area contributed by atoms with Crippen LogP contribution in [0.3, 0.4) is 0 Å². The average molecular weight is 235 g/mol. The molecule has 2 rings (SSSR count). The highest BCUT2D eigenvalue weighted by molar-refractivity contribution is 5.75. The number of carbonyl (C=O) groups excluding carboxylic acids is 1. The molecule has 0 amide bonds. The van der Waals surface area contributed by atoms with Crippen LogP contribution in [-0.2, 0) is 13.7 Å². The van der Waals surface area contributed by atoms with Gasteiger partial charge >= 0.3 is 0 Å². The second kappa shape index (κ2) is 4.73. The van der Waals surface area contributed by atoms with Crippen molar-refractivity contribution in [3.63, 3.8) is 0 Å². The number of aryl methyl sites for hydroxylation is 1. The zero-order valence-corrected chi connectivity index (χ0v) is 9.13. The van der Waals surface area contributed by atoms with E-state index < -0.39 is 5.82 Å². The van der Waals surface area contributed by atoms with Gasteiger partial charge < -0.3 is 4.74 Å². The van der Waals surface area contributed by atoms with Gasteiger partial charge in [0, 0.05) is 13.1 Å². The molecule has 0 aliphatic rings. The molecule has 2 aromatic rings. The first-order chi connectivity index (χ1) is 8.20. The summed E-state index contributed by atoms with van der Waals surface area (Å²) in [5, 5.41) is 3.94. The van der Waals surface area contributed by atoms with Gasteiger partial charge in [-0.05, 0) is 6.07 Å². The van der Waals surface area contributed by atoms with E-state index in [9.17, 15) is 9.18 Å². The molecular formula is C11H10FN3O2. The molecule has 0 atom stereocenters. The second-order valence-electron chi connectivity index (χ2n) is 3.39. The monoisotopic (exact) mass is 235 g/mol. The van der Waals surface area contributed by atoms with Gasteiger partial charge in [0.2, 0.25) is 5.88 Å². The summed E-state index contributed by atoms with van der Waals surface area (Å²) in [7, 11) is 1.71. The molecule has 0 fully saturated rings. The molecule has 0 spiro atoms. The zero-order chi connectivity index (χ0) is 12.3. The maximum Gasteiger partial charge on any atom is 0.213 e. The van der Waals surface area contributed by atoms with Gasteiger partial charge in [-0.1, -0.05) is 0 Å². The lowest BCUT2D eigenvalue weighted by Crippen LogP contribution is -2.06. The number of ether oxygens (including phenoxy) is 1. The fourth-order valence-electron chi connectivity index (χ4n) is 1.34. The molecule has 0 aromatic carbocycles. The fourth-order valence-corrected chi connectivity index (χ4v) is 1.34. The minimum atomic E-state index is -0.425. The van der Waals surface area contributed by atoms with Crippen LogP contribution in [0, 0.1) is 5.82 Å². The Balaban J connectivity index is 2.09. The lowest BCUT2D eigenvalue weighted by atomic mass is 10.3. The van der Waals surface area contributed by atoms with E-state index in [-0.39, 0.29) is 6.61 Å². The average Bonchev–Trinajstić information content (AvgIpc) is 2.69. The molecule has 0 radical (unpaired) electrons. The van der Waals surface area contributed by atoms with E-state index in [0.717, 1.165) is 6.20 Å². The molecule has 6 heteroatoms. The maximum atomic E-state index is 12.6. The van der Waals surface area contributed by atoms with Crippen LogP contribution < -0.4 is 4.74 Å². The molecule has 0 bridgehead atoms. The van der Waals surface area contributed by atoms with Crippen LogP contribution in [-0.4, -0.2) is 21.1 Å². The third-order valence-corrected chi connectivity index (χ3v) is 2.28. The summed E-state index contributed by atoms with van der Waals surface area (Å²) in [4.78, 5) is 14.5. The summed E-state index contributed by atoms with van der Waals surface area (Å²) in [6, 6.07) is 2.68. The predicted octanol–water partition coefficient (Wildman–Crippen LogP) is 1.35. The van der Waals surface area contributed by atoms with E-state index in [1.54, 1.807) is 11.7 Å². The van der Waals surface area contributed by atoms with E-state index in [1.807, 2.05) is 0 Å². The molecule has 0 N–H and O–H groups in total. The van der Waals surface area contributed by atoms with Crippen molar-refractivity contribution in [2.45, 2.75) is 6.61 Å². The van der Waals surface area contributed by atoms with E-state index in [4.69, 9.17) is 4.74 Å². The summed E-state index contributed by atoms with van der Waals surface area (Å²) in [5.74, 6) is -0.129. The number of aldehydes is 1. The summed E-state index contributed by atoms with van der Waals surface area (Å²) in [6.45, 7) is 0.156. The first-order valence-electron chi connectivity index (χ1n) is 4.91. The van der Waals surface area contributed by atoms with Crippen molar-refractivity contribution in [3.05, 3.63) is 41.6 Å². The highest BCUT2D eigenvalue weighted by Crippen LogP contribution is 2.11. The molecule has 5 nitrogen and oxygen atoms in total. The molecule has 0 unspecified atom stereocenters. The molecule has 88 valence electrons. The Morgan fingerprint density at radius 3 is 2.94 bits per heavy atom. The van der Waals surface area contributed by atoms with Gasteiger partial charge in [-0.3, -0.25) is 9.48 Å². The normalized spacial score (nSPS) is 10.2. The number of carbonyl (C=O) groups is 1. The summed E-state index contributed by atoms with van der Waals surface area (Å²) in [5.41, 5.74) is 1.11. The van der Waals surface area contributed by atoms with Gasteiger partial charge in [-0.25, -0.2) is 9.37 Å². The first-order valence-corrected chi connectivity index (χ1v) is 4.91. The van der Waals surface area contributed by atoms with Gasteiger partial charge in [0.25, 0.3) is 0 Å². The lowest BCUT2D eigenvalue weighted by molar-refractivity contribution is 0.112. The predicted molar refractivity (Wildman–Crippen MR) is 57.1 cm³/mol. The van der Waals surface area contributed by atoms with Crippen LogP contribution in [0.1, 0.15) is 16.1 Å². The third kappa shape index (κ3) is 2.47. The van der Waals surface area contributed by atoms with Gasteiger partial charge in [-0.15, -0.1) is 0 Å². The van der Waals surface area contributed by atoms with E-state index >= 15 is 0 Å². The minimum Gasteiger partial charge on any atom is -0.471 e. The lowest BCUT2D eigenvalue weighted by Gasteiger charge is -2.05. The molecular weight excluding hydrogens is 225 g/mol. The van der Waals surface area contributed by atoms with E-state index in [0.29, 0.717) is 23.4 Å². The molecule has 0 saturated carbocycles. The number of nitrogens with zero attached hydrogens (tertiary/aromatic N) is 3. The van der Waals surface area contributed by atoms with Gasteiger partial charge in [0.15, 0.2) is 6.29 Å². The van der Waals surface area contributed by atoms with Crippen LogP contribution in [0.4, 0.5) is 4.39 Å². The highest BCUT2D eigenvalue weighted by Gasteiger charge is 2.08.